The van der Waals surface area contributed by atoms with Gasteiger partial charge in [0.2, 0.25) is 0 Å². The highest BCUT2D eigenvalue weighted by Gasteiger charge is 2.29. The molecule has 0 aliphatic rings. The summed E-state index contributed by atoms with van der Waals surface area (Å²) < 4.78 is 0. The van der Waals surface area contributed by atoms with Gasteiger partial charge in [0.25, 0.3) is 0 Å². The Morgan fingerprint density at radius 1 is 1.19 bits per heavy atom. The van der Waals surface area contributed by atoms with Crippen molar-refractivity contribution in [3.63, 3.8) is 0 Å². The van der Waals surface area contributed by atoms with Gasteiger partial charge in [0.1, 0.15) is 0 Å². The first-order chi connectivity index (χ1) is 7.44. The number of nitrogens with zero attached hydrogens (tertiary/aromatic N) is 1. The molecule has 0 aromatic heterocycles. The van der Waals surface area contributed by atoms with E-state index in [4.69, 9.17) is 0 Å². The van der Waals surface area contributed by atoms with Gasteiger partial charge in [-0.05, 0) is 46.3 Å². The molecule has 1 atom stereocenters. The molecule has 0 spiro atoms. The minimum absolute atomic E-state index is 0.172. The topological polar surface area (TPSA) is 23.5 Å². The smallest absolute Gasteiger partial charge is 0.0721 e. The third-order valence-electron chi connectivity index (χ3n) is 3.52. The van der Waals surface area contributed by atoms with E-state index in [0.29, 0.717) is 0 Å². The molecule has 0 heterocycles. The molecule has 0 aliphatic carbocycles. The standard InChI is InChI=1S/C14H23NO/c1-14(2,15(3)4)13(16)11-10-12-8-6-5-7-9-12/h5-9,13,16H,10-11H2,1-4H3. The van der Waals surface area contributed by atoms with E-state index in [0.717, 1.165) is 12.8 Å². The number of aliphatic hydroxyl groups is 1. The van der Waals surface area contributed by atoms with Crippen LogP contribution in [0, 0.1) is 0 Å². The van der Waals surface area contributed by atoms with Crippen LogP contribution in [0.3, 0.4) is 0 Å². The summed E-state index contributed by atoms with van der Waals surface area (Å²) in [4.78, 5) is 2.07. The summed E-state index contributed by atoms with van der Waals surface area (Å²) >= 11 is 0. The number of hydrogen-bond acceptors (Lipinski definition) is 2. The zero-order valence-electron chi connectivity index (χ0n) is 10.8. The lowest BCUT2D eigenvalue weighted by Crippen LogP contribution is -2.48. The first kappa shape index (κ1) is 13.2. The number of hydrogen-bond donors (Lipinski definition) is 1. The maximum atomic E-state index is 10.2. The van der Waals surface area contributed by atoms with Crippen LogP contribution in [0.2, 0.25) is 0 Å². The van der Waals surface area contributed by atoms with Crippen LogP contribution < -0.4 is 0 Å². The molecule has 1 aromatic carbocycles. The van der Waals surface area contributed by atoms with E-state index in [-0.39, 0.29) is 11.6 Å². The lowest BCUT2D eigenvalue weighted by Gasteiger charge is -2.37. The fourth-order valence-corrected chi connectivity index (χ4v) is 1.60. The predicted molar refractivity (Wildman–Crippen MR) is 68.5 cm³/mol. The van der Waals surface area contributed by atoms with Crippen molar-refractivity contribution in [3.05, 3.63) is 35.9 Å². The van der Waals surface area contributed by atoms with E-state index in [1.807, 2.05) is 32.3 Å². The molecular formula is C14H23NO. The van der Waals surface area contributed by atoms with Crippen molar-refractivity contribution in [1.82, 2.24) is 4.90 Å². The molecule has 0 fully saturated rings. The quantitative estimate of drug-likeness (QED) is 0.825. The maximum absolute atomic E-state index is 10.2. The highest BCUT2D eigenvalue weighted by atomic mass is 16.3. The molecular weight excluding hydrogens is 198 g/mol. The summed E-state index contributed by atoms with van der Waals surface area (Å²) in [6.07, 6.45) is 1.43. The largest absolute Gasteiger partial charge is 0.391 e. The van der Waals surface area contributed by atoms with Gasteiger partial charge in [-0.2, -0.15) is 0 Å². The van der Waals surface area contributed by atoms with E-state index < -0.39 is 0 Å². The van der Waals surface area contributed by atoms with Gasteiger partial charge in [-0.3, -0.25) is 0 Å². The van der Waals surface area contributed by atoms with Gasteiger partial charge in [-0.15, -0.1) is 0 Å². The number of rotatable bonds is 5. The number of benzene rings is 1. The molecule has 2 nitrogen and oxygen atoms in total. The molecule has 0 saturated carbocycles. The molecule has 90 valence electrons. The SMILES string of the molecule is CN(C)C(C)(C)C(O)CCc1ccccc1. The van der Waals surface area contributed by atoms with Gasteiger partial charge in [0, 0.05) is 5.54 Å². The molecule has 0 amide bonds. The van der Waals surface area contributed by atoms with Crippen molar-refractivity contribution >= 4 is 0 Å². The highest BCUT2D eigenvalue weighted by Crippen LogP contribution is 2.19. The molecule has 1 rings (SSSR count). The second-order valence-corrected chi connectivity index (χ2v) is 5.09. The molecule has 2 heteroatoms. The Labute approximate surface area is 98.9 Å². The zero-order chi connectivity index (χ0) is 12.2. The van der Waals surface area contributed by atoms with E-state index in [9.17, 15) is 5.11 Å². The first-order valence-corrected chi connectivity index (χ1v) is 5.84. The minimum atomic E-state index is -0.303. The van der Waals surface area contributed by atoms with Gasteiger partial charge < -0.3 is 10.0 Å². The molecule has 1 aromatic rings. The molecule has 0 radical (unpaired) electrons. The maximum Gasteiger partial charge on any atom is 0.0721 e. The molecule has 0 aliphatic heterocycles. The van der Waals surface area contributed by atoms with Gasteiger partial charge in [0.05, 0.1) is 6.10 Å². The Morgan fingerprint density at radius 2 is 1.75 bits per heavy atom. The molecule has 16 heavy (non-hydrogen) atoms. The van der Waals surface area contributed by atoms with E-state index in [1.54, 1.807) is 0 Å². The van der Waals surface area contributed by atoms with Crippen LogP contribution in [-0.2, 0) is 6.42 Å². The Hall–Kier alpha value is -0.860. The monoisotopic (exact) mass is 221 g/mol. The first-order valence-electron chi connectivity index (χ1n) is 5.84. The van der Waals surface area contributed by atoms with Crippen molar-refractivity contribution in [2.24, 2.45) is 0 Å². The van der Waals surface area contributed by atoms with Gasteiger partial charge in [-0.25, -0.2) is 0 Å². The third-order valence-corrected chi connectivity index (χ3v) is 3.52. The Kier molecular flexibility index (Phi) is 4.51. The average Bonchev–Trinajstić information content (AvgIpc) is 2.27. The fraction of sp³-hybridized carbons (Fsp3) is 0.571. The minimum Gasteiger partial charge on any atom is -0.391 e. The van der Waals surface area contributed by atoms with Crippen LogP contribution in [0.25, 0.3) is 0 Å². The van der Waals surface area contributed by atoms with Crippen LogP contribution in [0.5, 0.6) is 0 Å². The lowest BCUT2D eigenvalue weighted by atomic mass is 9.91. The van der Waals surface area contributed by atoms with E-state index >= 15 is 0 Å². The fourth-order valence-electron chi connectivity index (χ4n) is 1.60. The van der Waals surface area contributed by atoms with Gasteiger partial charge in [0.15, 0.2) is 0 Å². The zero-order valence-corrected chi connectivity index (χ0v) is 10.8. The lowest BCUT2D eigenvalue weighted by molar-refractivity contribution is 0.0127. The number of aliphatic hydroxyl groups excluding tert-OH is 1. The van der Waals surface area contributed by atoms with Crippen molar-refractivity contribution < 1.29 is 5.11 Å². The summed E-state index contributed by atoms with van der Waals surface area (Å²) in [5.41, 5.74) is 1.12. The summed E-state index contributed by atoms with van der Waals surface area (Å²) in [5.74, 6) is 0. The van der Waals surface area contributed by atoms with Crippen molar-refractivity contribution in [2.75, 3.05) is 14.1 Å². The van der Waals surface area contributed by atoms with Crippen molar-refractivity contribution in [3.8, 4) is 0 Å². The molecule has 0 saturated heterocycles. The Morgan fingerprint density at radius 3 is 2.25 bits per heavy atom. The molecule has 1 N–H and O–H groups in total. The highest BCUT2D eigenvalue weighted by molar-refractivity contribution is 5.14. The molecule has 1 unspecified atom stereocenters. The Balaban J connectivity index is 2.50. The predicted octanol–water partition coefficient (Wildman–Crippen LogP) is 2.32. The van der Waals surface area contributed by atoms with Crippen molar-refractivity contribution in [2.45, 2.75) is 38.3 Å². The van der Waals surface area contributed by atoms with E-state index in [1.165, 1.54) is 5.56 Å². The summed E-state index contributed by atoms with van der Waals surface area (Å²) in [5, 5.41) is 10.2. The van der Waals surface area contributed by atoms with Crippen LogP contribution >= 0.6 is 0 Å². The second-order valence-electron chi connectivity index (χ2n) is 5.09. The Bertz CT molecular complexity index is 306. The normalized spacial score (nSPS) is 14.1. The van der Waals surface area contributed by atoms with Crippen LogP contribution in [0.15, 0.2) is 30.3 Å². The van der Waals surface area contributed by atoms with Gasteiger partial charge >= 0.3 is 0 Å². The van der Waals surface area contributed by atoms with Crippen LogP contribution in [-0.4, -0.2) is 35.7 Å². The number of aryl methyl sites for hydroxylation is 1. The van der Waals surface area contributed by atoms with Crippen LogP contribution in [0.1, 0.15) is 25.8 Å². The summed E-state index contributed by atoms with van der Waals surface area (Å²) in [7, 11) is 4.01. The number of likely N-dealkylation sites (N-methyl/N-ethyl adjacent to an activating group) is 1. The average molecular weight is 221 g/mol. The van der Waals surface area contributed by atoms with Crippen molar-refractivity contribution in [1.29, 1.82) is 0 Å². The second kappa shape index (κ2) is 5.46. The molecule has 0 bridgehead atoms. The summed E-state index contributed by atoms with van der Waals surface area (Å²) in [6.45, 7) is 4.14. The van der Waals surface area contributed by atoms with Gasteiger partial charge in [-0.1, -0.05) is 30.3 Å². The third kappa shape index (κ3) is 3.32. The summed E-state index contributed by atoms with van der Waals surface area (Å²) in [6, 6.07) is 10.3. The van der Waals surface area contributed by atoms with E-state index in [2.05, 4.69) is 30.9 Å². The van der Waals surface area contributed by atoms with Crippen LogP contribution in [0.4, 0.5) is 0 Å².